The van der Waals surface area contributed by atoms with Crippen LogP contribution in [0.2, 0.25) is 0 Å². The van der Waals surface area contributed by atoms with Crippen LogP contribution in [-0.4, -0.2) is 9.59 Å². The highest BCUT2D eigenvalue weighted by molar-refractivity contribution is 7.05. The molecule has 3 rings (SSSR count). The van der Waals surface area contributed by atoms with Crippen molar-refractivity contribution >= 4 is 11.5 Å². The van der Waals surface area contributed by atoms with Gasteiger partial charge in [0, 0.05) is 6.04 Å². The van der Waals surface area contributed by atoms with Crippen LogP contribution in [0, 0.1) is 24.7 Å². The summed E-state index contributed by atoms with van der Waals surface area (Å²) in [5.74, 6) is 2.86. The average Bonchev–Trinajstić information content (AvgIpc) is 2.92. The molecule has 0 amide bonds. The third-order valence-electron chi connectivity index (χ3n) is 4.46. The van der Waals surface area contributed by atoms with Gasteiger partial charge in [-0.2, -0.15) is 0 Å². The van der Waals surface area contributed by atoms with E-state index in [1.54, 1.807) is 0 Å². The molecule has 2 saturated carbocycles. The Morgan fingerprint density at radius 3 is 2.88 bits per heavy atom. The highest BCUT2D eigenvalue weighted by Crippen LogP contribution is 2.50. The van der Waals surface area contributed by atoms with Gasteiger partial charge in [0.2, 0.25) is 0 Å². The lowest BCUT2D eigenvalue weighted by atomic mass is 9.84. The molecule has 2 N–H and O–H groups in total. The molecule has 4 unspecified atom stereocenters. The number of hydrogen-bond donors (Lipinski definition) is 1. The maximum absolute atomic E-state index is 6.28. The minimum atomic E-state index is 0.171. The molecule has 0 radical (unpaired) electrons. The van der Waals surface area contributed by atoms with E-state index in [1.807, 2.05) is 6.92 Å². The molecule has 88 valence electrons. The molecular formula is C12H19N3S. The second-order valence-corrected chi connectivity index (χ2v) is 6.29. The monoisotopic (exact) mass is 237 g/mol. The first kappa shape index (κ1) is 10.7. The van der Waals surface area contributed by atoms with E-state index in [1.165, 1.54) is 42.1 Å². The Morgan fingerprint density at radius 2 is 2.31 bits per heavy atom. The van der Waals surface area contributed by atoms with Crippen LogP contribution in [-0.2, 0) is 0 Å². The second-order valence-electron chi connectivity index (χ2n) is 5.50. The molecule has 4 heteroatoms. The normalized spacial score (nSPS) is 34.5. The number of fused-ring (bicyclic) bond motifs is 2. The van der Waals surface area contributed by atoms with Gasteiger partial charge in [-0.1, -0.05) is 10.9 Å². The smallest absolute Gasteiger partial charge is 0.0772 e. The number of rotatable bonds is 3. The summed E-state index contributed by atoms with van der Waals surface area (Å²) in [5, 5.41) is 4.05. The van der Waals surface area contributed by atoms with Crippen LogP contribution in [0.1, 0.15) is 48.7 Å². The van der Waals surface area contributed by atoms with Crippen molar-refractivity contribution in [2.75, 3.05) is 0 Å². The van der Waals surface area contributed by atoms with Crippen molar-refractivity contribution in [2.24, 2.45) is 23.5 Å². The zero-order chi connectivity index (χ0) is 11.1. The zero-order valence-electron chi connectivity index (χ0n) is 9.72. The number of aryl methyl sites for hydroxylation is 1. The maximum atomic E-state index is 6.28. The van der Waals surface area contributed by atoms with Gasteiger partial charge in [-0.3, -0.25) is 0 Å². The molecular weight excluding hydrogens is 218 g/mol. The summed E-state index contributed by atoms with van der Waals surface area (Å²) in [5.41, 5.74) is 7.31. The Labute approximate surface area is 101 Å². The summed E-state index contributed by atoms with van der Waals surface area (Å²) in [6.07, 6.45) is 6.95. The van der Waals surface area contributed by atoms with E-state index < -0.39 is 0 Å². The van der Waals surface area contributed by atoms with Crippen LogP contribution in [0.4, 0.5) is 0 Å². The first-order valence-corrected chi connectivity index (χ1v) is 7.06. The molecule has 16 heavy (non-hydrogen) atoms. The van der Waals surface area contributed by atoms with Crippen molar-refractivity contribution in [3.8, 4) is 0 Å². The van der Waals surface area contributed by atoms with Gasteiger partial charge >= 0.3 is 0 Å². The van der Waals surface area contributed by atoms with E-state index in [4.69, 9.17) is 5.73 Å². The highest BCUT2D eigenvalue weighted by atomic mass is 32.1. The molecule has 2 aliphatic rings. The van der Waals surface area contributed by atoms with E-state index in [9.17, 15) is 0 Å². The predicted molar refractivity (Wildman–Crippen MR) is 65.1 cm³/mol. The number of nitrogens with two attached hydrogens (primary N) is 1. The molecule has 0 aromatic carbocycles. The second kappa shape index (κ2) is 4.08. The SMILES string of the molecule is Cc1nnsc1C(N)CC1CC2CCC1C2. The lowest BCUT2D eigenvalue weighted by molar-refractivity contribution is 0.297. The summed E-state index contributed by atoms with van der Waals surface area (Å²) < 4.78 is 3.98. The summed E-state index contributed by atoms with van der Waals surface area (Å²) in [6, 6.07) is 0.171. The average molecular weight is 237 g/mol. The topological polar surface area (TPSA) is 51.8 Å². The Morgan fingerprint density at radius 1 is 1.44 bits per heavy atom. The largest absolute Gasteiger partial charge is 0.323 e. The molecule has 3 nitrogen and oxygen atoms in total. The van der Waals surface area contributed by atoms with Gasteiger partial charge in [-0.15, -0.1) is 5.10 Å². The lowest BCUT2D eigenvalue weighted by Crippen LogP contribution is -2.19. The Kier molecular flexibility index (Phi) is 2.72. The molecule has 2 aliphatic carbocycles. The van der Waals surface area contributed by atoms with Crippen LogP contribution in [0.5, 0.6) is 0 Å². The predicted octanol–water partition coefficient (Wildman–Crippen LogP) is 2.67. The van der Waals surface area contributed by atoms with Crippen molar-refractivity contribution in [1.29, 1.82) is 0 Å². The fourth-order valence-electron chi connectivity index (χ4n) is 3.68. The number of hydrogen-bond acceptors (Lipinski definition) is 4. The van der Waals surface area contributed by atoms with Gasteiger partial charge in [0.15, 0.2) is 0 Å². The van der Waals surface area contributed by atoms with Crippen molar-refractivity contribution in [3.63, 3.8) is 0 Å². The fourth-order valence-corrected chi connectivity index (χ4v) is 4.33. The fraction of sp³-hybridized carbons (Fsp3) is 0.833. The van der Waals surface area contributed by atoms with Crippen LogP contribution >= 0.6 is 11.5 Å². The molecule has 0 spiro atoms. The summed E-state index contributed by atoms with van der Waals surface area (Å²) >= 11 is 1.47. The summed E-state index contributed by atoms with van der Waals surface area (Å²) in [7, 11) is 0. The van der Waals surface area contributed by atoms with Gasteiger partial charge in [0.1, 0.15) is 0 Å². The molecule has 1 aromatic rings. The van der Waals surface area contributed by atoms with Crippen molar-refractivity contribution < 1.29 is 0 Å². The number of nitrogens with zero attached hydrogens (tertiary/aromatic N) is 2. The molecule has 1 aromatic heterocycles. The summed E-state index contributed by atoms with van der Waals surface area (Å²) in [6.45, 7) is 2.01. The first-order valence-electron chi connectivity index (χ1n) is 6.28. The quantitative estimate of drug-likeness (QED) is 0.879. The Hall–Kier alpha value is -0.480. The number of aromatic nitrogens is 2. The van der Waals surface area contributed by atoms with Crippen molar-refractivity contribution in [3.05, 3.63) is 10.6 Å². The Bertz CT molecular complexity index is 376. The molecule has 0 aliphatic heterocycles. The maximum Gasteiger partial charge on any atom is 0.0772 e. The van der Waals surface area contributed by atoms with Crippen LogP contribution in [0.3, 0.4) is 0 Å². The standard InChI is InChI=1S/C12H19N3S/c1-7-12(16-15-14-7)11(13)6-10-5-8-2-3-9(10)4-8/h8-11H,2-6,13H2,1H3. The highest BCUT2D eigenvalue weighted by Gasteiger charge is 2.40. The minimum absolute atomic E-state index is 0.171. The molecule has 2 fully saturated rings. The van der Waals surface area contributed by atoms with Crippen LogP contribution in [0.15, 0.2) is 0 Å². The minimum Gasteiger partial charge on any atom is -0.323 e. The van der Waals surface area contributed by atoms with Gasteiger partial charge in [0.05, 0.1) is 10.6 Å². The van der Waals surface area contributed by atoms with E-state index in [-0.39, 0.29) is 6.04 Å². The Balaban J connectivity index is 1.65. The van der Waals surface area contributed by atoms with E-state index in [0.717, 1.165) is 29.9 Å². The van der Waals surface area contributed by atoms with Crippen LogP contribution in [0.25, 0.3) is 0 Å². The van der Waals surface area contributed by atoms with E-state index in [2.05, 4.69) is 9.59 Å². The molecule has 2 bridgehead atoms. The molecule has 1 heterocycles. The third kappa shape index (κ3) is 1.78. The van der Waals surface area contributed by atoms with Gasteiger partial charge in [-0.25, -0.2) is 0 Å². The van der Waals surface area contributed by atoms with Crippen LogP contribution < -0.4 is 5.73 Å². The first-order chi connectivity index (χ1) is 7.74. The van der Waals surface area contributed by atoms with Crippen molar-refractivity contribution in [2.45, 2.75) is 45.1 Å². The van der Waals surface area contributed by atoms with Gasteiger partial charge in [-0.05, 0) is 61.9 Å². The van der Waals surface area contributed by atoms with E-state index in [0.29, 0.717) is 0 Å². The molecule has 0 saturated heterocycles. The lowest BCUT2D eigenvalue weighted by Gasteiger charge is -2.24. The molecule has 4 atom stereocenters. The van der Waals surface area contributed by atoms with Gasteiger partial charge < -0.3 is 5.73 Å². The summed E-state index contributed by atoms with van der Waals surface area (Å²) in [4.78, 5) is 1.20. The van der Waals surface area contributed by atoms with Crippen molar-refractivity contribution in [1.82, 2.24) is 9.59 Å². The third-order valence-corrected chi connectivity index (χ3v) is 5.42. The zero-order valence-corrected chi connectivity index (χ0v) is 10.5. The van der Waals surface area contributed by atoms with E-state index >= 15 is 0 Å². The van der Waals surface area contributed by atoms with Gasteiger partial charge in [0.25, 0.3) is 0 Å².